The van der Waals surface area contributed by atoms with Crippen LogP contribution in [0.4, 0.5) is 4.39 Å². The summed E-state index contributed by atoms with van der Waals surface area (Å²) in [5.41, 5.74) is 2.92. The Kier molecular flexibility index (Phi) is 9.22. The molecule has 0 spiro atoms. The molecule has 1 aliphatic rings. The number of nitrogens with zero attached hydrogens (tertiary/aromatic N) is 2. The van der Waals surface area contributed by atoms with Crippen LogP contribution in [-0.2, 0) is 16.1 Å². The molecule has 0 radical (unpaired) electrons. The number of ether oxygens (including phenoxy) is 3. The predicted molar refractivity (Wildman–Crippen MR) is 168 cm³/mol. The number of esters is 1. The number of rotatable bonds is 9. The highest BCUT2D eigenvalue weighted by Crippen LogP contribution is 2.35. The van der Waals surface area contributed by atoms with Crippen molar-refractivity contribution < 1.29 is 23.4 Å². The minimum Gasteiger partial charge on any atom is -0.490 e. The fraction of sp³-hybridized carbons (Fsp3) is 0.219. The first kappa shape index (κ1) is 29.7. The van der Waals surface area contributed by atoms with Crippen LogP contribution >= 0.6 is 33.9 Å². The Morgan fingerprint density at radius 2 is 1.88 bits per heavy atom. The van der Waals surface area contributed by atoms with E-state index in [9.17, 15) is 14.0 Å². The number of carbonyl (C=O) groups excluding carboxylic acids is 1. The third kappa shape index (κ3) is 6.05. The molecule has 1 aliphatic heterocycles. The number of hydrogen-bond acceptors (Lipinski definition) is 7. The average molecular weight is 699 g/mol. The lowest BCUT2D eigenvalue weighted by molar-refractivity contribution is -0.136. The van der Waals surface area contributed by atoms with Crippen molar-refractivity contribution in [2.75, 3.05) is 13.7 Å². The Labute approximate surface area is 259 Å². The predicted octanol–water partition coefficient (Wildman–Crippen LogP) is 5.52. The first-order valence-corrected chi connectivity index (χ1v) is 15.3. The maximum atomic E-state index is 13.9. The SMILES string of the molecule is CCOc1cc(/C=c2\sc3n(c2=O)[C@H](c2ccccc2)C(C(=O)OC)=C(CC)N=3)cc(I)c1OCc1cccc(F)c1. The second kappa shape index (κ2) is 13.0. The highest BCUT2D eigenvalue weighted by atomic mass is 127. The van der Waals surface area contributed by atoms with Crippen molar-refractivity contribution in [1.82, 2.24) is 4.57 Å². The van der Waals surface area contributed by atoms with E-state index in [1.54, 1.807) is 22.8 Å². The summed E-state index contributed by atoms with van der Waals surface area (Å²) in [6, 6.07) is 18.7. The molecule has 2 heterocycles. The molecule has 0 N–H and O–H groups in total. The monoisotopic (exact) mass is 698 g/mol. The lowest BCUT2D eigenvalue weighted by Crippen LogP contribution is -2.40. The Morgan fingerprint density at radius 3 is 2.57 bits per heavy atom. The maximum absolute atomic E-state index is 13.9. The summed E-state index contributed by atoms with van der Waals surface area (Å²) < 4.78 is 33.5. The average Bonchev–Trinajstić information content (AvgIpc) is 3.30. The van der Waals surface area contributed by atoms with Crippen molar-refractivity contribution in [1.29, 1.82) is 0 Å². The molecular weight excluding hydrogens is 670 g/mol. The summed E-state index contributed by atoms with van der Waals surface area (Å²) in [5, 5.41) is 0. The molecule has 3 aromatic carbocycles. The lowest BCUT2D eigenvalue weighted by atomic mass is 9.95. The van der Waals surface area contributed by atoms with Gasteiger partial charge in [-0.15, -0.1) is 0 Å². The van der Waals surface area contributed by atoms with Crippen LogP contribution < -0.4 is 24.4 Å². The standard InChI is InChI=1S/C32H28FIN2O5S/c1-4-24-27(31(38)39-3)28(21-11-7-6-8-12-21)36-30(37)26(42-32(36)35-24)17-20-15-23(34)29(25(16-20)40-5-2)41-18-19-10-9-13-22(33)14-19/h6-17,28H,4-5,18H2,1-3H3/b26-17-/t28-/m1/s1. The van der Waals surface area contributed by atoms with E-state index in [1.165, 1.54) is 30.6 Å². The normalized spacial score (nSPS) is 14.8. The summed E-state index contributed by atoms with van der Waals surface area (Å²) in [4.78, 5) is 32.1. The van der Waals surface area contributed by atoms with Gasteiger partial charge >= 0.3 is 5.97 Å². The highest BCUT2D eigenvalue weighted by molar-refractivity contribution is 14.1. The Bertz CT molecular complexity index is 1850. The number of fused-ring (bicyclic) bond motifs is 1. The number of methoxy groups -OCH3 is 1. The van der Waals surface area contributed by atoms with Crippen LogP contribution in [0, 0.1) is 9.39 Å². The zero-order chi connectivity index (χ0) is 29.8. The van der Waals surface area contributed by atoms with Crippen LogP contribution in [0.15, 0.2) is 87.8 Å². The van der Waals surface area contributed by atoms with Crippen LogP contribution in [0.5, 0.6) is 11.5 Å². The van der Waals surface area contributed by atoms with Gasteiger partial charge in [-0.05, 0) is 83.0 Å². The maximum Gasteiger partial charge on any atom is 0.338 e. The van der Waals surface area contributed by atoms with E-state index in [-0.39, 0.29) is 18.0 Å². The second-order valence-corrected chi connectivity index (χ2v) is 11.6. The number of aromatic nitrogens is 1. The smallest absolute Gasteiger partial charge is 0.338 e. The van der Waals surface area contributed by atoms with Crippen molar-refractivity contribution in [3.8, 4) is 11.5 Å². The van der Waals surface area contributed by atoms with Gasteiger partial charge in [-0.3, -0.25) is 9.36 Å². The highest BCUT2D eigenvalue weighted by Gasteiger charge is 2.33. The summed E-state index contributed by atoms with van der Waals surface area (Å²) in [5.74, 6) is 0.221. The van der Waals surface area contributed by atoms with Gasteiger partial charge < -0.3 is 14.2 Å². The largest absolute Gasteiger partial charge is 0.490 e. The Hall–Kier alpha value is -3.77. The van der Waals surface area contributed by atoms with Gasteiger partial charge in [-0.2, -0.15) is 0 Å². The molecule has 4 aromatic rings. The zero-order valence-corrected chi connectivity index (χ0v) is 26.2. The van der Waals surface area contributed by atoms with E-state index in [0.29, 0.717) is 50.7 Å². The van der Waals surface area contributed by atoms with E-state index in [1.807, 2.05) is 56.3 Å². The van der Waals surface area contributed by atoms with Gasteiger partial charge in [0.05, 0.1) is 39.1 Å². The molecule has 10 heteroatoms. The Morgan fingerprint density at radius 1 is 1.10 bits per heavy atom. The number of halogens is 2. The van der Waals surface area contributed by atoms with Gasteiger partial charge in [0.15, 0.2) is 16.3 Å². The summed E-state index contributed by atoms with van der Waals surface area (Å²) in [6.07, 6.45) is 2.30. The number of allylic oxidation sites excluding steroid dienone is 1. The third-order valence-electron chi connectivity index (χ3n) is 6.67. The topological polar surface area (TPSA) is 79.1 Å². The molecular formula is C32H28FIN2O5S. The van der Waals surface area contributed by atoms with Gasteiger partial charge in [-0.25, -0.2) is 14.2 Å². The van der Waals surface area contributed by atoms with E-state index in [2.05, 4.69) is 22.6 Å². The molecule has 216 valence electrons. The van der Waals surface area contributed by atoms with Crippen molar-refractivity contribution >= 4 is 46.0 Å². The van der Waals surface area contributed by atoms with Gasteiger partial charge in [0, 0.05) is 0 Å². The molecule has 1 aromatic heterocycles. The number of hydrogen-bond donors (Lipinski definition) is 0. The van der Waals surface area contributed by atoms with Crippen LogP contribution in [0.3, 0.4) is 0 Å². The zero-order valence-electron chi connectivity index (χ0n) is 23.2. The third-order valence-corrected chi connectivity index (χ3v) is 8.45. The van der Waals surface area contributed by atoms with Crippen LogP contribution in [0.2, 0.25) is 0 Å². The first-order valence-electron chi connectivity index (χ1n) is 13.4. The van der Waals surface area contributed by atoms with Crippen LogP contribution in [0.1, 0.15) is 43.0 Å². The number of benzene rings is 3. The molecule has 1 atom stereocenters. The van der Waals surface area contributed by atoms with E-state index in [4.69, 9.17) is 19.2 Å². The molecule has 0 fully saturated rings. The second-order valence-electron chi connectivity index (χ2n) is 9.38. The number of thiazole rings is 1. The van der Waals surface area contributed by atoms with Crippen molar-refractivity contribution in [2.45, 2.75) is 32.9 Å². The van der Waals surface area contributed by atoms with Gasteiger partial charge in [-0.1, -0.05) is 60.7 Å². The summed E-state index contributed by atoms with van der Waals surface area (Å²) in [7, 11) is 1.33. The minimum absolute atomic E-state index is 0.174. The van der Waals surface area contributed by atoms with Crippen molar-refractivity contribution in [3.63, 3.8) is 0 Å². The van der Waals surface area contributed by atoms with E-state index in [0.717, 1.165) is 14.7 Å². The molecule has 0 amide bonds. The fourth-order valence-corrected chi connectivity index (χ4v) is 6.62. The summed E-state index contributed by atoms with van der Waals surface area (Å²) >= 11 is 3.43. The van der Waals surface area contributed by atoms with Crippen LogP contribution in [0.25, 0.3) is 6.08 Å². The summed E-state index contributed by atoms with van der Waals surface area (Å²) in [6.45, 7) is 4.38. The van der Waals surface area contributed by atoms with Crippen LogP contribution in [-0.4, -0.2) is 24.3 Å². The fourth-order valence-electron chi connectivity index (χ4n) is 4.82. The lowest BCUT2D eigenvalue weighted by Gasteiger charge is -2.25. The van der Waals surface area contributed by atoms with Gasteiger partial charge in [0.25, 0.3) is 5.56 Å². The van der Waals surface area contributed by atoms with Gasteiger partial charge in [0.2, 0.25) is 0 Å². The van der Waals surface area contributed by atoms with Gasteiger partial charge in [0.1, 0.15) is 12.4 Å². The van der Waals surface area contributed by atoms with Crippen molar-refractivity contribution in [2.24, 2.45) is 4.99 Å². The molecule has 0 saturated carbocycles. The molecule has 0 unspecified atom stereocenters. The number of carbonyl (C=O) groups is 1. The quantitative estimate of drug-likeness (QED) is 0.170. The minimum atomic E-state index is -0.662. The Balaban J connectivity index is 1.60. The molecule has 0 aliphatic carbocycles. The van der Waals surface area contributed by atoms with E-state index >= 15 is 0 Å². The first-order chi connectivity index (χ1) is 20.3. The molecule has 5 rings (SSSR count). The molecule has 0 saturated heterocycles. The van der Waals surface area contributed by atoms with Crippen molar-refractivity contribution in [3.05, 3.63) is 124 Å². The molecule has 7 nitrogen and oxygen atoms in total. The molecule has 42 heavy (non-hydrogen) atoms. The van der Waals surface area contributed by atoms with E-state index < -0.39 is 12.0 Å². The molecule has 0 bridgehead atoms.